The SMILES string of the molecule is CCn1c2ccccc2c2c(C#N)cc3cc4cc(C)ccc4nc3c21. The first-order valence-electron chi connectivity index (χ1n) is 8.86. The molecular formula is C23H17N3. The van der Waals surface area contributed by atoms with Crippen LogP contribution >= 0.6 is 0 Å². The van der Waals surface area contributed by atoms with Crippen molar-refractivity contribution in [1.82, 2.24) is 9.55 Å². The van der Waals surface area contributed by atoms with Crippen LogP contribution in [0.5, 0.6) is 0 Å². The summed E-state index contributed by atoms with van der Waals surface area (Å²) >= 11 is 0. The van der Waals surface area contributed by atoms with E-state index in [1.54, 1.807) is 0 Å². The molecule has 2 aromatic heterocycles. The molecule has 3 aromatic carbocycles. The zero-order chi connectivity index (χ0) is 17.8. The topological polar surface area (TPSA) is 41.6 Å². The molecule has 26 heavy (non-hydrogen) atoms. The largest absolute Gasteiger partial charge is 0.339 e. The summed E-state index contributed by atoms with van der Waals surface area (Å²) in [5.41, 5.74) is 6.09. The van der Waals surface area contributed by atoms with Crippen LogP contribution in [0.4, 0.5) is 0 Å². The molecule has 3 nitrogen and oxygen atoms in total. The average Bonchev–Trinajstić information content (AvgIpc) is 3.00. The summed E-state index contributed by atoms with van der Waals surface area (Å²) in [4.78, 5) is 5.00. The van der Waals surface area contributed by atoms with Gasteiger partial charge in [0.1, 0.15) is 0 Å². The third-order valence-corrected chi connectivity index (χ3v) is 5.20. The number of fused-ring (bicyclic) bond motifs is 6. The van der Waals surface area contributed by atoms with Crippen LogP contribution in [0.1, 0.15) is 18.1 Å². The van der Waals surface area contributed by atoms with E-state index >= 15 is 0 Å². The number of aromatic nitrogens is 2. The number of nitriles is 1. The highest BCUT2D eigenvalue weighted by molar-refractivity contribution is 6.20. The molecule has 0 spiro atoms. The lowest BCUT2D eigenvalue weighted by molar-refractivity contribution is 0.829. The van der Waals surface area contributed by atoms with Crippen molar-refractivity contribution in [2.45, 2.75) is 20.4 Å². The second-order valence-corrected chi connectivity index (χ2v) is 6.78. The molecule has 3 heteroatoms. The Hall–Kier alpha value is -3.38. The van der Waals surface area contributed by atoms with Crippen LogP contribution in [0.15, 0.2) is 54.6 Å². The summed E-state index contributed by atoms with van der Waals surface area (Å²) in [5, 5.41) is 14.1. The molecule has 0 amide bonds. The Labute approximate surface area is 151 Å². The molecule has 0 aliphatic rings. The zero-order valence-corrected chi connectivity index (χ0v) is 14.7. The number of benzene rings is 3. The fraction of sp³-hybridized carbons (Fsp3) is 0.130. The molecule has 0 atom stereocenters. The standard InChI is InChI=1S/C23H17N3/c1-3-26-20-7-5-4-6-18(20)21-17(13-24)12-16-11-15-10-14(2)8-9-19(15)25-22(16)23(21)26/h4-12H,3H2,1-2H3. The predicted molar refractivity (Wildman–Crippen MR) is 107 cm³/mol. The summed E-state index contributed by atoms with van der Waals surface area (Å²) in [7, 11) is 0. The van der Waals surface area contributed by atoms with Gasteiger partial charge < -0.3 is 4.57 Å². The number of hydrogen-bond donors (Lipinski definition) is 0. The van der Waals surface area contributed by atoms with Gasteiger partial charge in [0, 0.05) is 33.6 Å². The minimum absolute atomic E-state index is 0.713. The third-order valence-electron chi connectivity index (χ3n) is 5.20. The molecule has 0 radical (unpaired) electrons. The highest BCUT2D eigenvalue weighted by atomic mass is 15.0. The van der Waals surface area contributed by atoms with E-state index in [0.717, 1.165) is 50.2 Å². The van der Waals surface area contributed by atoms with E-state index in [1.807, 2.05) is 18.2 Å². The van der Waals surface area contributed by atoms with Crippen molar-refractivity contribution in [2.75, 3.05) is 0 Å². The molecule has 0 aliphatic carbocycles. The van der Waals surface area contributed by atoms with Crippen molar-refractivity contribution < 1.29 is 0 Å². The van der Waals surface area contributed by atoms with Gasteiger partial charge in [-0.3, -0.25) is 0 Å². The second-order valence-electron chi connectivity index (χ2n) is 6.78. The van der Waals surface area contributed by atoms with Gasteiger partial charge >= 0.3 is 0 Å². The summed E-state index contributed by atoms with van der Waals surface area (Å²) < 4.78 is 2.28. The summed E-state index contributed by atoms with van der Waals surface area (Å²) in [6.45, 7) is 5.06. The normalized spacial score (nSPS) is 11.6. The van der Waals surface area contributed by atoms with Crippen molar-refractivity contribution in [2.24, 2.45) is 0 Å². The summed E-state index contributed by atoms with van der Waals surface area (Å²) in [6, 6.07) is 21.2. The van der Waals surface area contributed by atoms with Crippen LogP contribution in [0.2, 0.25) is 0 Å². The van der Waals surface area contributed by atoms with Crippen molar-refractivity contribution >= 4 is 43.6 Å². The molecule has 0 N–H and O–H groups in total. The highest BCUT2D eigenvalue weighted by Crippen LogP contribution is 2.37. The lowest BCUT2D eigenvalue weighted by atomic mass is 10.0. The van der Waals surface area contributed by atoms with Crippen molar-refractivity contribution in [3.05, 3.63) is 65.7 Å². The molecule has 5 rings (SSSR count). The summed E-state index contributed by atoms with van der Waals surface area (Å²) in [6.07, 6.45) is 0. The van der Waals surface area contributed by atoms with E-state index in [4.69, 9.17) is 4.98 Å². The maximum Gasteiger partial charge on any atom is 0.0999 e. The third kappa shape index (κ3) is 1.90. The Kier molecular flexibility index (Phi) is 3.05. The molecular weight excluding hydrogens is 318 g/mol. The van der Waals surface area contributed by atoms with Crippen LogP contribution < -0.4 is 0 Å². The van der Waals surface area contributed by atoms with Crippen LogP contribution in [0.25, 0.3) is 43.6 Å². The van der Waals surface area contributed by atoms with E-state index < -0.39 is 0 Å². The minimum Gasteiger partial charge on any atom is -0.339 e. The molecule has 0 saturated heterocycles. The minimum atomic E-state index is 0.713. The van der Waals surface area contributed by atoms with E-state index in [9.17, 15) is 5.26 Å². The Balaban J connectivity index is 2.10. The van der Waals surface area contributed by atoms with E-state index in [-0.39, 0.29) is 0 Å². The predicted octanol–water partition coefficient (Wildman–Crippen LogP) is 5.70. The van der Waals surface area contributed by atoms with Gasteiger partial charge in [-0.15, -0.1) is 0 Å². The molecule has 0 bridgehead atoms. The van der Waals surface area contributed by atoms with Crippen LogP contribution in [-0.4, -0.2) is 9.55 Å². The lowest BCUT2D eigenvalue weighted by Crippen LogP contribution is -1.96. The van der Waals surface area contributed by atoms with Gasteiger partial charge in [0.05, 0.1) is 28.2 Å². The highest BCUT2D eigenvalue weighted by Gasteiger charge is 2.17. The fourth-order valence-electron chi connectivity index (χ4n) is 4.08. The number of nitrogens with zero attached hydrogens (tertiary/aromatic N) is 3. The monoisotopic (exact) mass is 335 g/mol. The van der Waals surface area contributed by atoms with E-state index in [0.29, 0.717) is 5.56 Å². The van der Waals surface area contributed by atoms with Gasteiger partial charge in [0.25, 0.3) is 0 Å². The molecule has 124 valence electrons. The fourth-order valence-corrected chi connectivity index (χ4v) is 4.08. The van der Waals surface area contributed by atoms with E-state index in [2.05, 4.69) is 60.9 Å². The van der Waals surface area contributed by atoms with Crippen molar-refractivity contribution in [3.63, 3.8) is 0 Å². The Morgan fingerprint density at radius 2 is 1.88 bits per heavy atom. The van der Waals surface area contributed by atoms with Crippen molar-refractivity contribution in [1.29, 1.82) is 5.26 Å². The molecule has 0 unspecified atom stereocenters. The van der Waals surface area contributed by atoms with E-state index in [1.165, 1.54) is 5.56 Å². The number of pyridine rings is 1. The molecule has 0 saturated carbocycles. The van der Waals surface area contributed by atoms with Gasteiger partial charge in [-0.05, 0) is 44.2 Å². The van der Waals surface area contributed by atoms with Gasteiger partial charge in [0.15, 0.2) is 0 Å². The molecule has 2 heterocycles. The first-order valence-corrected chi connectivity index (χ1v) is 8.86. The first kappa shape index (κ1) is 14.9. The van der Waals surface area contributed by atoms with Crippen LogP contribution in [-0.2, 0) is 6.54 Å². The first-order chi connectivity index (χ1) is 12.7. The van der Waals surface area contributed by atoms with Crippen LogP contribution in [0.3, 0.4) is 0 Å². The number of hydrogen-bond acceptors (Lipinski definition) is 2. The Morgan fingerprint density at radius 3 is 2.69 bits per heavy atom. The Morgan fingerprint density at radius 1 is 1.04 bits per heavy atom. The maximum atomic E-state index is 9.81. The lowest BCUT2D eigenvalue weighted by Gasteiger charge is -2.09. The molecule has 0 aliphatic heterocycles. The van der Waals surface area contributed by atoms with Crippen molar-refractivity contribution in [3.8, 4) is 6.07 Å². The quantitative estimate of drug-likeness (QED) is 0.369. The second kappa shape index (κ2) is 5.31. The molecule has 0 fully saturated rings. The molecule has 5 aromatic rings. The average molecular weight is 335 g/mol. The number of aryl methyl sites for hydroxylation is 2. The van der Waals surface area contributed by atoms with Crippen LogP contribution in [0, 0.1) is 18.3 Å². The number of para-hydroxylation sites is 1. The van der Waals surface area contributed by atoms with Gasteiger partial charge in [-0.25, -0.2) is 4.98 Å². The zero-order valence-electron chi connectivity index (χ0n) is 14.7. The van der Waals surface area contributed by atoms with Gasteiger partial charge in [-0.2, -0.15) is 5.26 Å². The summed E-state index contributed by atoms with van der Waals surface area (Å²) in [5.74, 6) is 0. The number of rotatable bonds is 1. The Bertz CT molecular complexity index is 1380. The smallest absolute Gasteiger partial charge is 0.0999 e. The van der Waals surface area contributed by atoms with Gasteiger partial charge in [0.2, 0.25) is 0 Å². The maximum absolute atomic E-state index is 9.81. The van der Waals surface area contributed by atoms with Gasteiger partial charge in [-0.1, -0.05) is 29.8 Å².